The predicted octanol–water partition coefficient (Wildman–Crippen LogP) is 2.24. The van der Waals surface area contributed by atoms with Crippen LogP contribution in [0.15, 0.2) is 12.1 Å². The molecule has 0 bridgehead atoms. The number of rotatable bonds is 3. The molecule has 2 aliphatic rings. The summed E-state index contributed by atoms with van der Waals surface area (Å²) in [7, 11) is 0. The van der Waals surface area contributed by atoms with Gasteiger partial charge in [0.05, 0.1) is 11.3 Å². The molecule has 2 saturated heterocycles. The molecule has 3 rings (SSSR count). The van der Waals surface area contributed by atoms with E-state index in [4.69, 9.17) is 4.74 Å². The fourth-order valence-electron chi connectivity index (χ4n) is 3.04. The lowest BCUT2D eigenvalue weighted by Gasteiger charge is -2.38. The van der Waals surface area contributed by atoms with E-state index in [0.717, 1.165) is 36.6 Å². The van der Waals surface area contributed by atoms with Gasteiger partial charge >= 0.3 is 0 Å². The zero-order valence-electron chi connectivity index (χ0n) is 11.9. The molecule has 2 N–H and O–H groups in total. The summed E-state index contributed by atoms with van der Waals surface area (Å²) in [5, 5.41) is 13.4. The highest BCUT2D eigenvalue weighted by Crippen LogP contribution is 2.38. The van der Waals surface area contributed by atoms with Gasteiger partial charge in [0, 0.05) is 30.6 Å². The summed E-state index contributed by atoms with van der Waals surface area (Å²) in [6.45, 7) is 3.41. The minimum Gasteiger partial charge on any atom is -0.506 e. The van der Waals surface area contributed by atoms with Crippen molar-refractivity contribution in [3.8, 4) is 5.75 Å². The summed E-state index contributed by atoms with van der Waals surface area (Å²) < 4.78 is 6.03. The van der Waals surface area contributed by atoms with Gasteiger partial charge in [0.15, 0.2) is 0 Å². The molecule has 2 fully saturated rings. The Balaban J connectivity index is 1.59. The van der Waals surface area contributed by atoms with Crippen molar-refractivity contribution < 1.29 is 9.84 Å². The molecule has 4 nitrogen and oxygen atoms in total. The molecule has 0 saturated carbocycles. The van der Waals surface area contributed by atoms with Crippen molar-refractivity contribution in [1.29, 1.82) is 0 Å². The molecule has 0 radical (unpaired) electrons. The van der Waals surface area contributed by atoms with Gasteiger partial charge < -0.3 is 15.2 Å². The van der Waals surface area contributed by atoms with Crippen LogP contribution in [0.1, 0.15) is 30.7 Å². The second-order valence-electron chi connectivity index (χ2n) is 5.82. The second kappa shape index (κ2) is 5.92. The third kappa shape index (κ3) is 3.10. The molecular formula is C15H22N2O2S. The van der Waals surface area contributed by atoms with Gasteiger partial charge in [0.1, 0.15) is 5.75 Å². The van der Waals surface area contributed by atoms with Crippen molar-refractivity contribution >= 4 is 11.8 Å². The Morgan fingerprint density at radius 3 is 3.25 bits per heavy atom. The van der Waals surface area contributed by atoms with Gasteiger partial charge in [-0.25, -0.2) is 0 Å². The molecule has 5 heteroatoms. The van der Waals surface area contributed by atoms with E-state index in [2.05, 4.69) is 10.3 Å². The van der Waals surface area contributed by atoms with Crippen LogP contribution in [0.4, 0.5) is 0 Å². The maximum absolute atomic E-state index is 9.84. The molecule has 1 aromatic rings. The number of aromatic hydroxyl groups is 1. The van der Waals surface area contributed by atoms with Crippen LogP contribution in [0.3, 0.4) is 0 Å². The highest BCUT2D eigenvalue weighted by molar-refractivity contribution is 7.99. The standard InChI is InChI=1S/C15H22N2O2S/c1-11-2-3-14(18)13(17-11)9-16-12-4-6-19-15(8-12)5-7-20-10-15/h2-3,12,16,18H,4-10H2,1H3. The first kappa shape index (κ1) is 14.2. The Hall–Kier alpha value is -0.780. The number of aromatic nitrogens is 1. The molecule has 110 valence electrons. The second-order valence-corrected chi connectivity index (χ2v) is 6.93. The average molecular weight is 294 g/mol. The molecule has 20 heavy (non-hydrogen) atoms. The third-order valence-electron chi connectivity index (χ3n) is 4.21. The van der Waals surface area contributed by atoms with Crippen molar-refractivity contribution in [1.82, 2.24) is 10.3 Å². The first-order chi connectivity index (χ1) is 9.67. The van der Waals surface area contributed by atoms with Crippen molar-refractivity contribution in [3.63, 3.8) is 0 Å². The number of hydrogen-bond donors (Lipinski definition) is 2. The van der Waals surface area contributed by atoms with Crippen LogP contribution >= 0.6 is 11.8 Å². The van der Waals surface area contributed by atoms with E-state index in [-0.39, 0.29) is 11.4 Å². The Bertz CT molecular complexity index is 475. The first-order valence-corrected chi connectivity index (χ1v) is 8.43. The minimum atomic E-state index is 0.0999. The molecule has 2 atom stereocenters. The van der Waals surface area contributed by atoms with E-state index in [1.807, 2.05) is 24.8 Å². The summed E-state index contributed by atoms with van der Waals surface area (Å²) >= 11 is 2.00. The van der Waals surface area contributed by atoms with Gasteiger partial charge in [-0.1, -0.05) is 0 Å². The maximum Gasteiger partial charge on any atom is 0.138 e. The van der Waals surface area contributed by atoms with Gasteiger partial charge in [-0.05, 0) is 44.1 Å². The van der Waals surface area contributed by atoms with E-state index in [1.165, 1.54) is 12.2 Å². The fourth-order valence-corrected chi connectivity index (χ4v) is 4.42. The normalized spacial score (nSPS) is 29.9. The number of ether oxygens (including phenoxy) is 1. The number of thioether (sulfide) groups is 1. The Morgan fingerprint density at radius 2 is 2.45 bits per heavy atom. The molecular weight excluding hydrogens is 272 g/mol. The molecule has 0 aliphatic carbocycles. The molecule has 1 aromatic heterocycles. The molecule has 1 spiro atoms. The highest BCUT2D eigenvalue weighted by atomic mass is 32.2. The van der Waals surface area contributed by atoms with E-state index in [1.54, 1.807) is 6.07 Å². The van der Waals surface area contributed by atoms with Crippen LogP contribution in [0.25, 0.3) is 0 Å². The molecule has 2 unspecified atom stereocenters. The van der Waals surface area contributed by atoms with E-state index < -0.39 is 0 Å². The number of aryl methyl sites for hydroxylation is 1. The van der Waals surface area contributed by atoms with E-state index in [9.17, 15) is 5.11 Å². The molecule has 0 amide bonds. The van der Waals surface area contributed by atoms with Crippen LogP contribution in [0.5, 0.6) is 5.75 Å². The number of nitrogens with zero attached hydrogens (tertiary/aromatic N) is 1. The molecule has 3 heterocycles. The SMILES string of the molecule is Cc1ccc(O)c(CNC2CCOC3(CCSC3)C2)n1. The van der Waals surface area contributed by atoms with Crippen LogP contribution in [-0.4, -0.2) is 39.8 Å². The Morgan fingerprint density at radius 1 is 1.55 bits per heavy atom. The quantitative estimate of drug-likeness (QED) is 0.895. The van der Waals surface area contributed by atoms with Gasteiger partial charge in [-0.15, -0.1) is 0 Å². The summed E-state index contributed by atoms with van der Waals surface area (Å²) in [6, 6.07) is 4.01. The Kier molecular flexibility index (Phi) is 4.19. The lowest BCUT2D eigenvalue weighted by atomic mass is 9.90. The molecule has 0 aromatic carbocycles. The van der Waals surface area contributed by atoms with Gasteiger partial charge in [0.2, 0.25) is 0 Å². The van der Waals surface area contributed by atoms with Crippen molar-refractivity contribution in [3.05, 3.63) is 23.5 Å². The Labute approximate surface area is 124 Å². The smallest absolute Gasteiger partial charge is 0.138 e. The van der Waals surface area contributed by atoms with E-state index >= 15 is 0 Å². The summed E-state index contributed by atoms with van der Waals surface area (Å²) in [6.07, 6.45) is 3.29. The zero-order chi connectivity index (χ0) is 14.0. The van der Waals surface area contributed by atoms with Crippen LogP contribution in [0.2, 0.25) is 0 Å². The van der Waals surface area contributed by atoms with Crippen LogP contribution in [0, 0.1) is 6.92 Å². The summed E-state index contributed by atoms with van der Waals surface area (Å²) in [4.78, 5) is 4.40. The van der Waals surface area contributed by atoms with E-state index in [0.29, 0.717) is 12.6 Å². The maximum atomic E-state index is 9.84. The van der Waals surface area contributed by atoms with Gasteiger partial charge in [-0.2, -0.15) is 11.8 Å². The fraction of sp³-hybridized carbons (Fsp3) is 0.667. The van der Waals surface area contributed by atoms with Crippen molar-refractivity contribution in [2.45, 2.75) is 44.4 Å². The largest absolute Gasteiger partial charge is 0.506 e. The zero-order valence-corrected chi connectivity index (χ0v) is 12.7. The minimum absolute atomic E-state index is 0.0999. The topological polar surface area (TPSA) is 54.4 Å². The summed E-state index contributed by atoms with van der Waals surface area (Å²) in [5.74, 6) is 2.62. The predicted molar refractivity (Wildman–Crippen MR) is 81.1 cm³/mol. The summed E-state index contributed by atoms with van der Waals surface area (Å²) in [5.41, 5.74) is 1.78. The number of hydrogen-bond acceptors (Lipinski definition) is 5. The van der Waals surface area contributed by atoms with Gasteiger partial charge in [-0.3, -0.25) is 4.98 Å². The number of nitrogens with one attached hydrogen (secondary N) is 1. The monoisotopic (exact) mass is 294 g/mol. The average Bonchev–Trinajstić information content (AvgIpc) is 2.88. The van der Waals surface area contributed by atoms with Crippen LogP contribution < -0.4 is 5.32 Å². The lowest BCUT2D eigenvalue weighted by Crippen LogP contribution is -2.47. The third-order valence-corrected chi connectivity index (χ3v) is 5.43. The first-order valence-electron chi connectivity index (χ1n) is 7.27. The highest BCUT2D eigenvalue weighted by Gasteiger charge is 2.40. The van der Waals surface area contributed by atoms with Crippen molar-refractivity contribution in [2.24, 2.45) is 0 Å². The molecule has 2 aliphatic heterocycles. The number of pyridine rings is 1. The van der Waals surface area contributed by atoms with Gasteiger partial charge in [0.25, 0.3) is 0 Å². The lowest BCUT2D eigenvalue weighted by molar-refractivity contribution is -0.0703. The van der Waals surface area contributed by atoms with Crippen LogP contribution in [-0.2, 0) is 11.3 Å². The van der Waals surface area contributed by atoms with Crippen molar-refractivity contribution in [2.75, 3.05) is 18.1 Å².